The number of anilines is 1. The van der Waals surface area contributed by atoms with Crippen molar-refractivity contribution in [2.45, 2.75) is 45.3 Å². The molecule has 0 aromatic heterocycles. The zero-order valence-corrected chi connectivity index (χ0v) is 25.5. The second-order valence-corrected chi connectivity index (χ2v) is 12.5. The molecule has 11 heteroatoms. The van der Waals surface area contributed by atoms with Crippen LogP contribution >= 0.6 is 11.6 Å². The van der Waals surface area contributed by atoms with Gasteiger partial charge in [-0.15, -0.1) is 0 Å². The second-order valence-electron chi connectivity index (χ2n) is 10.2. The minimum Gasteiger partial charge on any atom is -0.486 e. The van der Waals surface area contributed by atoms with E-state index in [1.807, 2.05) is 44.2 Å². The zero-order valence-electron chi connectivity index (χ0n) is 24.0. The number of hydrogen-bond donors (Lipinski definition) is 1. The molecule has 0 saturated carbocycles. The van der Waals surface area contributed by atoms with E-state index in [1.165, 1.54) is 11.0 Å². The van der Waals surface area contributed by atoms with E-state index in [2.05, 4.69) is 5.32 Å². The largest absolute Gasteiger partial charge is 0.486 e. The molecule has 0 saturated heterocycles. The number of benzene rings is 3. The Hall–Kier alpha value is -3.76. The Bertz CT molecular complexity index is 1500. The predicted molar refractivity (Wildman–Crippen MR) is 163 cm³/mol. The number of amides is 2. The molecule has 224 valence electrons. The molecule has 0 fully saturated rings. The molecular formula is C31H36ClN3O6S. The van der Waals surface area contributed by atoms with Crippen LogP contribution in [0.15, 0.2) is 72.8 Å². The van der Waals surface area contributed by atoms with E-state index in [0.717, 1.165) is 16.1 Å². The highest BCUT2D eigenvalue weighted by Crippen LogP contribution is 2.35. The number of hydrogen-bond acceptors (Lipinski definition) is 6. The molecule has 0 bridgehead atoms. The fourth-order valence-corrected chi connectivity index (χ4v) is 5.64. The Balaban J connectivity index is 1.74. The molecule has 1 aliphatic rings. The first-order valence-corrected chi connectivity index (χ1v) is 16.0. The van der Waals surface area contributed by atoms with Crippen molar-refractivity contribution in [2.75, 3.05) is 30.3 Å². The van der Waals surface area contributed by atoms with Crippen LogP contribution in [-0.4, -0.2) is 63.2 Å². The van der Waals surface area contributed by atoms with Crippen molar-refractivity contribution in [1.29, 1.82) is 0 Å². The Labute approximate surface area is 252 Å². The maximum atomic E-state index is 14.2. The maximum absolute atomic E-state index is 14.2. The Kier molecular flexibility index (Phi) is 10.3. The van der Waals surface area contributed by atoms with Gasteiger partial charge in [0.25, 0.3) is 0 Å². The topological polar surface area (TPSA) is 105 Å². The van der Waals surface area contributed by atoms with E-state index < -0.39 is 28.5 Å². The van der Waals surface area contributed by atoms with E-state index in [-0.39, 0.29) is 30.6 Å². The number of halogens is 1. The Morgan fingerprint density at radius 1 is 0.976 bits per heavy atom. The molecular weight excluding hydrogens is 578 g/mol. The van der Waals surface area contributed by atoms with Crippen LogP contribution in [0.25, 0.3) is 0 Å². The minimum absolute atomic E-state index is 0.00265. The summed E-state index contributed by atoms with van der Waals surface area (Å²) in [5.41, 5.74) is 1.73. The van der Waals surface area contributed by atoms with Crippen molar-refractivity contribution in [2.24, 2.45) is 0 Å². The molecule has 42 heavy (non-hydrogen) atoms. The number of ether oxygens (including phenoxy) is 2. The Morgan fingerprint density at radius 2 is 1.64 bits per heavy atom. The summed E-state index contributed by atoms with van der Waals surface area (Å²) >= 11 is 6.50. The molecule has 2 amide bonds. The number of fused-ring (bicyclic) bond motifs is 1. The highest BCUT2D eigenvalue weighted by atomic mass is 35.5. The first kappa shape index (κ1) is 31.2. The molecule has 2 atom stereocenters. The molecule has 0 unspecified atom stereocenters. The van der Waals surface area contributed by atoms with Gasteiger partial charge < -0.3 is 19.7 Å². The third-order valence-corrected chi connectivity index (χ3v) is 8.57. The normalized spacial score (nSPS) is 14.0. The first-order chi connectivity index (χ1) is 20.1. The lowest BCUT2D eigenvalue weighted by Gasteiger charge is -2.34. The number of carbonyl (C=O) groups is 2. The van der Waals surface area contributed by atoms with E-state index in [1.54, 1.807) is 36.4 Å². The lowest BCUT2D eigenvalue weighted by Crippen LogP contribution is -2.54. The van der Waals surface area contributed by atoms with Gasteiger partial charge in [0.1, 0.15) is 25.8 Å². The van der Waals surface area contributed by atoms with Gasteiger partial charge in [-0.2, -0.15) is 0 Å². The SMILES string of the molecule is CC[C@H](C)NC(=O)[C@H](Cc1ccccc1)N(Cc1ccccc1Cl)C(=O)CN(c1ccc2c(c1)OCCO2)S(C)(=O)=O. The van der Waals surface area contributed by atoms with Gasteiger partial charge in [0.15, 0.2) is 11.5 Å². The fraction of sp³-hybridized carbons (Fsp3) is 0.355. The molecule has 9 nitrogen and oxygen atoms in total. The van der Waals surface area contributed by atoms with Gasteiger partial charge in [0.05, 0.1) is 11.9 Å². The molecule has 1 aliphatic heterocycles. The summed E-state index contributed by atoms with van der Waals surface area (Å²) in [6.07, 6.45) is 1.96. The molecule has 1 N–H and O–H groups in total. The van der Waals surface area contributed by atoms with E-state index in [4.69, 9.17) is 21.1 Å². The quantitative estimate of drug-likeness (QED) is 0.324. The van der Waals surface area contributed by atoms with Crippen LogP contribution in [0.2, 0.25) is 5.02 Å². The van der Waals surface area contributed by atoms with Crippen LogP contribution in [0.1, 0.15) is 31.4 Å². The molecule has 1 heterocycles. The standard InChI is InChI=1S/C31H36ClN3O6S/c1-4-22(2)33-31(37)27(18-23-10-6-5-7-11-23)34(20-24-12-8-9-13-26(24)32)30(36)21-35(42(3,38)39)25-14-15-28-29(19-25)41-17-16-40-28/h5-15,19,22,27H,4,16-18,20-21H2,1-3H3,(H,33,37)/t22-,27-/m0/s1. The van der Waals surface area contributed by atoms with Gasteiger partial charge in [-0.1, -0.05) is 67.1 Å². The molecule has 3 aromatic rings. The average molecular weight is 614 g/mol. The summed E-state index contributed by atoms with van der Waals surface area (Å²) in [7, 11) is -3.92. The van der Waals surface area contributed by atoms with Crippen LogP contribution in [-0.2, 0) is 32.6 Å². The van der Waals surface area contributed by atoms with Crippen LogP contribution in [0, 0.1) is 0 Å². The highest BCUT2D eigenvalue weighted by molar-refractivity contribution is 7.92. The summed E-state index contributed by atoms with van der Waals surface area (Å²) in [6.45, 7) is 4.03. The van der Waals surface area contributed by atoms with Gasteiger partial charge in [0.2, 0.25) is 21.8 Å². The Morgan fingerprint density at radius 3 is 2.31 bits per heavy atom. The number of nitrogens with one attached hydrogen (secondary N) is 1. The summed E-state index contributed by atoms with van der Waals surface area (Å²) in [5, 5.41) is 3.44. The van der Waals surface area contributed by atoms with Gasteiger partial charge in [-0.05, 0) is 42.7 Å². The van der Waals surface area contributed by atoms with Gasteiger partial charge in [-0.3, -0.25) is 13.9 Å². The summed E-state index contributed by atoms with van der Waals surface area (Å²) < 4.78 is 38.3. The van der Waals surface area contributed by atoms with Crippen molar-refractivity contribution in [3.8, 4) is 11.5 Å². The smallest absolute Gasteiger partial charge is 0.244 e. The van der Waals surface area contributed by atoms with Gasteiger partial charge in [0, 0.05) is 30.1 Å². The summed E-state index contributed by atoms with van der Waals surface area (Å²) in [4.78, 5) is 29.4. The van der Waals surface area contributed by atoms with Gasteiger partial charge in [-0.25, -0.2) is 8.42 Å². The van der Waals surface area contributed by atoms with Gasteiger partial charge >= 0.3 is 0 Å². The van der Waals surface area contributed by atoms with Crippen molar-refractivity contribution in [1.82, 2.24) is 10.2 Å². The maximum Gasteiger partial charge on any atom is 0.244 e. The molecule has 4 rings (SSSR count). The summed E-state index contributed by atoms with van der Waals surface area (Å²) in [5.74, 6) is -0.00766. The lowest BCUT2D eigenvalue weighted by atomic mass is 10.0. The number of rotatable bonds is 12. The van der Waals surface area contributed by atoms with Crippen molar-refractivity contribution >= 4 is 39.1 Å². The van der Waals surface area contributed by atoms with Crippen molar-refractivity contribution in [3.05, 3.63) is 88.9 Å². The van der Waals surface area contributed by atoms with Crippen molar-refractivity contribution in [3.63, 3.8) is 0 Å². The van der Waals surface area contributed by atoms with Crippen LogP contribution in [0.4, 0.5) is 5.69 Å². The van der Waals surface area contributed by atoms with E-state index in [9.17, 15) is 18.0 Å². The molecule has 3 aromatic carbocycles. The number of sulfonamides is 1. The highest BCUT2D eigenvalue weighted by Gasteiger charge is 2.34. The van der Waals surface area contributed by atoms with Crippen LogP contribution < -0.4 is 19.1 Å². The average Bonchev–Trinajstić information content (AvgIpc) is 2.98. The minimum atomic E-state index is -3.92. The lowest BCUT2D eigenvalue weighted by molar-refractivity contribution is -0.140. The monoisotopic (exact) mass is 613 g/mol. The summed E-state index contributed by atoms with van der Waals surface area (Å²) in [6, 6.07) is 20.1. The molecule has 0 aliphatic carbocycles. The number of nitrogens with zero attached hydrogens (tertiary/aromatic N) is 2. The van der Waals surface area contributed by atoms with E-state index >= 15 is 0 Å². The predicted octanol–water partition coefficient (Wildman–Crippen LogP) is 4.43. The fourth-order valence-electron chi connectivity index (χ4n) is 4.61. The van der Waals surface area contributed by atoms with E-state index in [0.29, 0.717) is 41.7 Å². The third-order valence-electron chi connectivity index (χ3n) is 7.06. The van der Waals surface area contributed by atoms with Crippen molar-refractivity contribution < 1.29 is 27.5 Å². The number of carbonyl (C=O) groups excluding carboxylic acids is 2. The van der Waals surface area contributed by atoms with Crippen LogP contribution in [0.3, 0.4) is 0 Å². The third kappa shape index (κ3) is 7.95. The first-order valence-electron chi connectivity index (χ1n) is 13.8. The molecule has 0 spiro atoms. The zero-order chi connectivity index (χ0) is 30.3. The second kappa shape index (κ2) is 13.9. The molecule has 0 radical (unpaired) electrons. The van der Waals surface area contributed by atoms with Crippen LogP contribution in [0.5, 0.6) is 11.5 Å².